The van der Waals surface area contributed by atoms with Crippen LogP contribution < -0.4 is 29.6 Å². The largest absolute Gasteiger partial charge is 1.00 e. The maximum absolute atomic E-state index is 12.6. The Morgan fingerprint density at radius 1 is 0.696 bits per heavy atom. The number of hydrogen-bond acceptors (Lipinski definition) is 10. The second-order valence-corrected chi connectivity index (χ2v) is 16.6. The minimum Gasteiger partial charge on any atom is -1.00 e. The summed E-state index contributed by atoms with van der Waals surface area (Å²) in [6.07, 6.45) is 7.91. The number of ether oxygens (including phenoxy) is 4. The average molecular weight is 654 g/mol. The quantitative estimate of drug-likeness (QED) is 0.251. The van der Waals surface area contributed by atoms with Crippen LogP contribution in [0, 0.1) is 46.3 Å². The van der Waals surface area contributed by atoms with Crippen molar-refractivity contribution < 1.29 is 79.0 Å². The van der Waals surface area contributed by atoms with Gasteiger partial charge < -0.3 is 25.5 Å². The molecule has 0 spiro atoms. The summed E-state index contributed by atoms with van der Waals surface area (Å²) in [7, 11) is 0. The van der Waals surface area contributed by atoms with Gasteiger partial charge in [0, 0.05) is 20.2 Å². The zero-order valence-electron chi connectivity index (χ0n) is 29.7. The van der Waals surface area contributed by atoms with Crippen molar-refractivity contribution in [1.82, 2.24) is 0 Å². The molecule has 0 heterocycles. The molecule has 8 fully saturated rings. The van der Waals surface area contributed by atoms with Crippen LogP contribution in [-0.4, -0.2) is 73.7 Å². The van der Waals surface area contributed by atoms with Gasteiger partial charge in [0.25, 0.3) is 0 Å². The second kappa shape index (κ2) is 14.2. The Morgan fingerprint density at radius 3 is 1.46 bits per heavy atom. The Bertz CT molecular complexity index is 1160. The molecule has 8 rings (SSSR count). The van der Waals surface area contributed by atoms with E-state index < -0.39 is 34.0 Å². The van der Waals surface area contributed by atoms with E-state index in [1.165, 1.54) is 0 Å². The van der Waals surface area contributed by atoms with Crippen LogP contribution in [0.15, 0.2) is 0 Å². The van der Waals surface area contributed by atoms with E-state index in [0.29, 0.717) is 43.3 Å². The fourth-order valence-corrected chi connectivity index (χ4v) is 9.54. The number of ketones is 1. The first-order chi connectivity index (χ1) is 20.4. The molecule has 4 unspecified atom stereocenters. The first kappa shape index (κ1) is 39.0. The average Bonchev–Trinajstić information content (AvgIpc) is 2.89. The van der Waals surface area contributed by atoms with E-state index in [-0.39, 0.29) is 94.3 Å². The van der Waals surface area contributed by atoms with Gasteiger partial charge in [-0.05, 0) is 129 Å². The molecular weight excluding hydrogens is 602 g/mol. The fourth-order valence-electron chi connectivity index (χ4n) is 9.54. The molecule has 1 N–H and O–H groups in total. The molecule has 10 nitrogen and oxygen atoms in total. The number of rotatable bonds is 6. The van der Waals surface area contributed by atoms with E-state index in [1.807, 2.05) is 0 Å². The normalized spacial score (nSPS) is 36.3. The molecule has 0 aromatic carbocycles. The van der Waals surface area contributed by atoms with Crippen LogP contribution in [0.1, 0.15) is 107 Å². The maximum atomic E-state index is 12.6. The smallest absolute Gasteiger partial charge is 1.00 e. The molecule has 0 aromatic heterocycles. The van der Waals surface area contributed by atoms with Gasteiger partial charge in [0.1, 0.15) is 17.0 Å². The SMILES string of the molecule is CC(C)(C)OC(=O)COC(=O)C12CC3CC(C1)C(=O)C(C3)C2.CC(C)(C)OC(=O)COC(=O)C12CC3CC(C1)C(O)C(C3)C2.[B].[H-].[Na+]. The molecule has 0 aromatic rings. The van der Waals surface area contributed by atoms with Crippen LogP contribution >= 0.6 is 0 Å². The van der Waals surface area contributed by atoms with Crippen molar-refractivity contribution in [3.63, 3.8) is 0 Å². The van der Waals surface area contributed by atoms with Crippen LogP contribution in [-0.2, 0) is 42.9 Å². The molecule has 0 aliphatic heterocycles. The van der Waals surface area contributed by atoms with Crippen molar-refractivity contribution in [2.75, 3.05) is 13.2 Å². The van der Waals surface area contributed by atoms with Crippen LogP contribution in [0.5, 0.6) is 0 Å². The Balaban J connectivity index is 0.000000307. The minimum absolute atomic E-state index is 0. The van der Waals surface area contributed by atoms with Gasteiger partial charge in [0.05, 0.1) is 16.9 Å². The van der Waals surface area contributed by atoms with Crippen molar-refractivity contribution in [2.24, 2.45) is 46.3 Å². The molecule has 8 aliphatic carbocycles. The zero-order chi connectivity index (χ0) is 32.2. The van der Waals surface area contributed by atoms with Crippen molar-refractivity contribution in [3.8, 4) is 0 Å². The Hall–Kier alpha value is -1.43. The maximum Gasteiger partial charge on any atom is 1.00 e. The van der Waals surface area contributed by atoms with Crippen LogP contribution in [0.3, 0.4) is 0 Å². The molecule has 4 atom stereocenters. The standard InChI is InChI=1S/C17H26O5.C17H24O5.B.Na.H/c2*1-16(2,3)22-13(18)9-21-15(20)17-6-10-4-11(7-17)14(19)12(5-10)8-17;;;/h10-12,14,19H,4-9H2,1-3H3;10-12H,4-9H2,1-3H3;;;/q;;;+1;-1. The van der Waals surface area contributed by atoms with Crippen molar-refractivity contribution in [1.29, 1.82) is 0 Å². The van der Waals surface area contributed by atoms with Gasteiger partial charge in [0.2, 0.25) is 0 Å². The predicted molar refractivity (Wildman–Crippen MR) is 163 cm³/mol. The number of Topliss-reactive ketones (excluding diaryl/α,β-unsaturated/α-hetero) is 1. The summed E-state index contributed by atoms with van der Waals surface area (Å²) >= 11 is 0. The number of esters is 4. The van der Waals surface area contributed by atoms with Gasteiger partial charge in [-0.15, -0.1) is 0 Å². The number of aliphatic hydroxyl groups is 1. The molecule has 8 saturated carbocycles. The summed E-state index contributed by atoms with van der Waals surface area (Å²) in [5, 5.41) is 10.2. The number of carbonyl (C=O) groups excluding carboxylic acids is 5. The van der Waals surface area contributed by atoms with Gasteiger partial charge >= 0.3 is 53.4 Å². The molecular formula is C34H51BNaO10. The third kappa shape index (κ3) is 8.59. The van der Waals surface area contributed by atoms with E-state index in [4.69, 9.17) is 18.9 Å². The Morgan fingerprint density at radius 2 is 1.07 bits per heavy atom. The van der Waals surface area contributed by atoms with E-state index >= 15 is 0 Å². The summed E-state index contributed by atoms with van der Waals surface area (Å²) in [5.41, 5.74) is -2.17. The summed E-state index contributed by atoms with van der Waals surface area (Å²) in [6, 6.07) is 0. The molecule has 0 amide bonds. The Kier molecular flexibility index (Phi) is 12.0. The van der Waals surface area contributed by atoms with Gasteiger partial charge in [-0.1, -0.05) is 0 Å². The van der Waals surface area contributed by atoms with Crippen LogP contribution in [0.25, 0.3) is 0 Å². The van der Waals surface area contributed by atoms with Crippen molar-refractivity contribution in [3.05, 3.63) is 0 Å². The van der Waals surface area contributed by atoms with Crippen molar-refractivity contribution >= 4 is 38.1 Å². The minimum atomic E-state index is -0.587. The van der Waals surface area contributed by atoms with Gasteiger partial charge in [-0.3, -0.25) is 14.4 Å². The number of aliphatic hydroxyl groups excluding tert-OH is 1. The number of hydrogen-bond donors (Lipinski definition) is 1. The Labute approximate surface area is 298 Å². The fraction of sp³-hybridized carbons (Fsp3) is 0.853. The predicted octanol–water partition coefficient (Wildman–Crippen LogP) is 1.06. The second-order valence-electron chi connectivity index (χ2n) is 16.6. The molecule has 251 valence electrons. The zero-order valence-corrected chi connectivity index (χ0v) is 30.7. The molecule has 0 saturated heterocycles. The topological polar surface area (TPSA) is 142 Å². The van der Waals surface area contributed by atoms with E-state index in [1.54, 1.807) is 41.5 Å². The van der Waals surface area contributed by atoms with Crippen molar-refractivity contribution in [2.45, 2.75) is 123 Å². The van der Waals surface area contributed by atoms with Gasteiger partial charge in [-0.25, -0.2) is 9.59 Å². The number of carbonyl (C=O) groups is 5. The monoisotopic (exact) mass is 653 g/mol. The van der Waals surface area contributed by atoms with Crippen LogP contribution in [0.4, 0.5) is 0 Å². The molecule has 8 bridgehead atoms. The third-order valence-electron chi connectivity index (χ3n) is 10.6. The molecule has 12 heteroatoms. The van der Waals surface area contributed by atoms with Crippen LogP contribution in [0.2, 0.25) is 0 Å². The molecule has 8 aliphatic rings. The summed E-state index contributed by atoms with van der Waals surface area (Å²) < 4.78 is 20.8. The first-order valence-electron chi connectivity index (χ1n) is 16.4. The first-order valence-corrected chi connectivity index (χ1v) is 16.4. The summed E-state index contributed by atoms with van der Waals surface area (Å²) in [6.45, 7) is 10.0. The van der Waals surface area contributed by atoms with E-state index in [0.717, 1.165) is 38.5 Å². The van der Waals surface area contributed by atoms with E-state index in [9.17, 15) is 29.1 Å². The summed E-state index contributed by atoms with van der Waals surface area (Å²) in [4.78, 5) is 60.6. The molecule has 46 heavy (non-hydrogen) atoms. The van der Waals surface area contributed by atoms with Gasteiger partial charge in [0.15, 0.2) is 13.2 Å². The van der Waals surface area contributed by atoms with E-state index in [2.05, 4.69) is 0 Å². The molecule has 3 radical (unpaired) electrons. The third-order valence-corrected chi connectivity index (χ3v) is 10.6. The summed E-state index contributed by atoms with van der Waals surface area (Å²) in [5.74, 6) is 0.203. The van der Waals surface area contributed by atoms with Gasteiger partial charge in [-0.2, -0.15) is 0 Å².